The summed E-state index contributed by atoms with van der Waals surface area (Å²) in [6.07, 6.45) is 1.60. The summed E-state index contributed by atoms with van der Waals surface area (Å²) in [7, 11) is 0. The maximum absolute atomic E-state index is 11.1. The van der Waals surface area contributed by atoms with E-state index in [2.05, 4.69) is 16.9 Å². The third-order valence-corrected chi connectivity index (χ3v) is 2.09. The molecule has 0 radical (unpaired) electrons. The van der Waals surface area contributed by atoms with Crippen molar-refractivity contribution in [1.29, 1.82) is 0 Å². The van der Waals surface area contributed by atoms with Crippen LogP contribution in [-0.2, 0) is 0 Å². The second-order valence-corrected chi connectivity index (χ2v) is 3.42. The van der Waals surface area contributed by atoms with Crippen LogP contribution >= 0.6 is 22.9 Å². The van der Waals surface area contributed by atoms with Gasteiger partial charge in [-0.3, -0.25) is 4.79 Å². The predicted molar refractivity (Wildman–Crippen MR) is 49.7 cm³/mol. The lowest BCUT2D eigenvalue weighted by molar-refractivity contribution is 0.0954. The standard InChI is InChI=1S/C7H7ClN2OS/c1-2-3-9-6(11)5-4-12-7(8)10-5/h2,4H,1,3H2,(H,9,11). The summed E-state index contributed by atoms with van der Waals surface area (Å²) >= 11 is 6.78. The average Bonchev–Trinajstić information content (AvgIpc) is 2.47. The number of rotatable bonds is 3. The molecule has 1 aromatic heterocycles. The summed E-state index contributed by atoms with van der Waals surface area (Å²) in [5.74, 6) is -0.224. The van der Waals surface area contributed by atoms with E-state index in [1.165, 1.54) is 11.3 Å². The van der Waals surface area contributed by atoms with Crippen molar-refractivity contribution in [3.8, 4) is 0 Å². The molecule has 0 aliphatic carbocycles. The molecule has 0 aromatic carbocycles. The van der Waals surface area contributed by atoms with E-state index in [4.69, 9.17) is 11.6 Å². The first-order valence-electron chi connectivity index (χ1n) is 3.24. The Morgan fingerprint density at radius 2 is 2.67 bits per heavy atom. The third kappa shape index (κ3) is 2.32. The first kappa shape index (κ1) is 9.22. The van der Waals surface area contributed by atoms with E-state index >= 15 is 0 Å². The van der Waals surface area contributed by atoms with Crippen LogP contribution < -0.4 is 5.32 Å². The fraction of sp³-hybridized carbons (Fsp3) is 0.143. The van der Waals surface area contributed by atoms with Gasteiger partial charge in [-0.1, -0.05) is 17.7 Å². The largest absolute Gasteiger partial charge is 0.347 e. The van der Waals surface area contributed by atoms with Gasteiger partial charge in [0.2, 0.25) is 0 Å². The predicted octanol–water partition coefficient (Wildman–Crippen LogP) is 1.71. The van der Waals surface area contributed by atoms with Gasteiger partial charge in [0.1, 0.15) is 5.69 Å². The summed E-state index contributed by atoms with van der Waals surface area (Å²) in [4.78, 5) is 14.9. The minimum absolute atomic E-state index is 0.224. The first-order chi connectivity index (χ1) is 5.74. The Hall–Kier alpha value is -0.870. The van der Waals surface area contributed by atoms with Crippen LogP contribution in [0.15, 0.2) is 18.0 Å². The molecule has 64 valence electrons. The molecule has 0 unspecified atom stereocenters. The molecule has 0 aliphatic rings. The van der Waals surface area contributed by atoms with Crippen LogP contribution in [0.2, 0.25) is 4.47 Å². The van der Waals surface area contributed by atoms with Crippen LogP contribution in [-0.4, -0.2) is 17.4 Å². The highest BCUT2D eigenvalue weighted by Gasteiger charge is 2.07. The molecular weight excluding hydrogens is 196 g/mol. The smallest absolute Gasteiger partial charge is 0.271 e. The molecular formula is C7H7ClN2OS. The minimum atomic E-state index is -0.224. The molecule has 0 spiro atoms. The average molecular weight is 203 g/mol. The molecule has 0 fully saturated rings. The van der Waals surface area contributed by atoms with Crippen molar-refractivity contribution in [2.45, 2.75) is 0 Å². The van der Waals surface area contributed by atoms with Crippen molar-refractivity contribution in [3.05, 3.63) is 28.2 Å². The molecule has 0 bridgehead atoms. The topological polar surface area (TPSA) is 42.0 Å². The molecule has 0 atom stereocenters. The van der Waals surface area contributed by atoms with E-state index in [0.29, 0.717) is 16.7 Å². The van der Waals surface area contributed by atoms with Gasteiger partial charge in [-0.25, -0.2) is 4.98 Å². The Balaban J connectivity index is 2.59. The summed E-state index contributed by atoms with van der Waals surface area (Å²) in [6.45, 7) is 3.91. The number of carbonyl (C=O) groups is 1. The number of hydrogen-bond donors (Lipinski definition) is 1. The molecule has 12 heavy (non-hydrogen) atoms. The zero-order valence-electron chi connectivity index (χ0n) is 6.21. The van der Waals surface area contributed by atoms with Gasteiger partial charge < -0.3 is 5.32 Å². The Morgan fingerprint density at radius 3 is 3.17 bits per heavy atom. The van der Waals surface area contributed by atoms with E-state index in [9.17, 15) is 4.79 Å². The molecule has 0 saturated heterocycles. The lowest BCUT2D eigenvalue weighted by atomic mass is 10.4. The Kier molecular flexibility index (Phi) is 3.25. The Morgan fingerprint density at radius 1 is 1.92 bits per heavy atom. The van der Waals surface area contributed by atoms with Gasteiger partial charge in [-0.2, -0.15) is 0 Å². The van der Waals surface area contributed by atoms with Crippen molar-refractivity contribution < 1.29 is 4.79 Å². The number of thiazole rings is 1. The van der Waals surface area contributed by atoms with Crippen molar-refractivity contribution >= 4 is 28.8 Å². The van der Waals surface area contributed by atoms with Gasteiger partial charge in [-0.05, 0) is 0 Å². The van der Waals surface area contributed by atoms with Crippen LogP contribution in [0.4, 0.5) is 0 Å². The lowest BCUT2D eigenvalue weighted by Crippen LogP contribution is -2.23. The quantitative estimate of drug-likeness (QED) is 0.759. The summed E-state index contributed by atoms with van der Waals surface area (Å²) in [5, 5.41) is 4.20. The first-order valence-corrected chi connectivity index (χ1v) is 4.50. The molecule has 1 heterocycles. The van der Waals surface area contributed by atoms with Crippen molar-refractivity contribution in [1.82, 2.24) is 10.3 Å². The fourth-order valence-electron chi connectivity index (χ4n) is 0.612. The second-order valence-electron chi connectivity index (χ2n) is 1.98. The highest BCUT2D eigenvalue weighted by Crippen LogP contribution is 2.14. The van der Waals surface area contributed by atoms with E-state index in [1.807, 2.05) is 0 Å². The third-order valence-electron chi connectivity index (χ3n) is 1.12. The summed E-state index contributed by atoms with van der Waals surface area (Å²) in [5.41, 5.74) is 0.354. The van der Waals surface area contributed by atoms with Gasteiger partial charge in [0, 0.05) is 11.9 Å². The highest BCUT2D eigenvalue weighted by atomic mass is 35.5. The molecule has 0 saturated carbocycles. The van der Waals surface area contributed by atoms with Gasteiger partial charge in [-0.15, -0.1) is 17.9 Å². The molecule has 1 rings (SSSR count). The number of nitrogens with one attached hydrogen (secondary N) is 1. The number of aromatic nitrogens is 1. The zero-order valence-corrected chi connectivity index (χ0v) is 7.78. The summed E-state index contributed by atoms with van der Waals surface area (Å²) in [6, 6.07) is 0. The molecule has 1 N–H and O–H groups in total. The molecule has 0 aliphatic heterocycles. The Bertz CT molecular complexity index is 297. The fourth-order valence-corrected chi connectivity index (χ4v) is 1.36. The molecule has 5 heteroatoms. The van der Waals surface area contributed by atoms with Gasteiger partial charge in [0.15, 0.2) is 4.47 Å². The number of carbonyl (C=O) groups excluding carboxylic acids is 1. The molecule has 1 aromatic rings. The monoisotopic (exact) mass is 202 g/mol. The zero-order chi connectivity index (χ0) is 8.97. The number of hydrogen-bond acceptors (Lipinski definition) is 3. The molecule has 1 amide bonds. The number of amides is 1. The van der Waals surface area contributed by atoms with Crippen molar-refractivity contribution in [3.63, 3.8) is 0 Å². The van der Waals surface area contributed by atoms with Crippen LogP contribution in [0.5, 0.6) is 0 Å². The Labute approximate surface area is 79.1 Å². The SMILES string of the molecule is C=CCNC(=O)c1csc(Cl)n1. The van der Waals surface area contributed by atoms with Crippen molar-refractivity contribution in [2.75, 3.05) is 6.54 Å². The maximum atomic E-state index is 11.1. The van der Waals surface area contributed by atoms with E-state index in [0.717, 1.165) is 0 Å². The van der Waals surface area contributed by atoms with Crippen LogP contribution in [0, 0.1) is 0 Å². The van der Waals surface area contributed by atoms with Gasteiger partial charge in [0.25, 0.3) is 5.91 Å². The normalized spacial score (nSPS) is 9.42. The van der Waals surface area contributed by atoms with E-state index < -0.39 is 0 Å². The van der Waals surface area contributed by atoms with Crippen molar-refractivity contribution in [2.24, 2.45) is 0 Å². The lowest BCUT2D eigenvalue weighted by Gasteiger charge is -1.96. The van der Waals surface area contributed by atoms with Gasteiger partial charge >= 0.3 is 0 Å². The number of nitrogens with zero attached hydrogens (tertiary/aromatic N) is 1. The van der Waals surface area contributed by atoms with Crippen LogP contribution in [0.3, 0.4) is 0 Å². The second kappa shape index (κ2) is 4.23. The highest BCUT2D eigenvalue weighted by molar-refractivity contribution is 7.14. The van der Waals surface area contributed by atoms with E-state index in [1.54, 1.807) is 11.5 Å². The minimum Gasteiger partial charge on any atom is -0.347 e. The molecule has 3 nitrogen and oxygen atoms in total. The number of halogens is 1. The van der Waals surface area contributed by atoms with E-state index in [-0.39, 0.29) is 5.91 Å². The summed E-state index contributed by atoms with van der Waals surface area (Å²) < 4.78 is 0.374. The van der Waals surface area contributed by atoms with Gasteiger partial charge in [0.05, 0.1) is 0 Å². The van der Waals surface area contributed by atoms with Crippen LogP contribution in [0.1, 0.15) is 10.5 Å². The van der Waals surface area contributed by atoms with Crippen LogP contribution in [0.25, 0.3) is 0 Å². The maximum Gasteiger partial charge on any atom is 0.271 e.